The zero-order chi connectivity index (χ0) is 19.3. The minimum atomic E-state index is -0.325. The van der Waals surface area contributed by atoms with Crippen LogP contribution in [0, 0.1) is 0 Å². The van der Waals surface area contributed by atoms with E-state index in [2.05, 4.69) is 41.5 Å². The molecule has 3 rings (SSSR count). The highest BCUT2D eigenvalue weighted by atomic mass is 16.5. The van der Waals surface area contributed by atoms with Crippen molar-refractivity contribution in [2.75, 3.05) is 33.4 Å². The Morgan fingerprint density at radius 1 is 1.33 bits per heavy atom. The van der Waals surface area contributed by atoms with Crippen molar-refractivity contribution in [2.24, 2.45) is 0 Å². The van der Waals surface area contributed by atoms with Crippen LogP contribution in [0.15, 0.2) is 30.3 Å². The summed E-state index contributed by atoms with van der Waals surface area (Å²) in [5.41, 5.74) is 0.929. The minimum absolute atomic E-state index is 0.119. The second kappa shape index (κ2) is 8.58. The van der Waals surface area contributed by atoms with E-state index in [-0.39, 0.29) is 17.4 Å². The third-order valence-electron chi connectivity index (χ3n) is 4.92. The molecule has 2 aromatic rings. The van der Waals surface area contributed by atoms with Crippen molar-refractivity contribution < 1.29 is 14.3 Å². The third kappa shape index (κ3) is 4.70. The Balaban J connectivity index is 1.66. The van der Waals surface area contributed by atoms with Crippen LogP contribution in [0.5, 0.6) is 0 Å². The van der Waals surface area contributed by atoms with Crippen molar-refractivity contribution in [3.63, 3.8) is 0 Å². The van der Waals surface area contributed by atoms with E-state index in [1.165, 1.54) is 0 Å². The molecule has 1 saturated heterocycles. The highest BCUT2D eigenvalue weighted by molar-refractivity contribution is 5.78. The number of aromatic nitrogens is 4. The van der Waals surface area contributed by atoms with E-state index in [1.807, 2.05) is 23.1 Å². The van der Waals surface area contributed by atoms with Crippen LogP contribution in [0.1, 0.15) is 37.8 Å². The van der Waals surface area contributed by atoms with Crippen LogP contribution in [0.2, 0.25) is 0 Å². The first kappa shape index (κ1) is 19.4. The lowest BCUT2D eigenvalue weighted by atomic mass is 9.81. The van der Waals surface area contributed by atoms with Gasteiger partial charge in [-0.25, -0.2) is 4.68 Å². The summed E-state index contributed by atoms with van der Waals surface area (Å²) in [5.74, 6) is 0.750. The van der Waals surface area contributed by atoms with E-state index in [4.69, 9.17) is 9.47 Å². The molecule has 8 nitrogen and oxygen atoms in total. The zero-order valence-electron chi connectivity index (χ0n) is 16.2. The molecular formula is C19H27N5O3. The van der Waals surface area contributed by atoms with Gasteiger partial charge in [0.05, 0.1) is 26.3 Å². The van der Waals surface area contributed by atoms with Gasteiger partial charge in [0.1, 0.15) is 6.10 Å². The predicted octanol–water partition coefficient (Wildman–Crippen LogP) is 1.59. The Hall–Kier alpha value is -2.32. The number of rotatable bonds is 7. The lowest BCUT2D eigenvalue weighted by Crippen LogP contribution is -2.44. The van der Waals surface area contributed by atoms with E-state index >= 15 is 0 Å². The van der Waals surface area contributed by atoms with Crippen LogP contribution in [0.3, 0.4) is 0 Å². The number of carbonyl (C=O) groups is 1. The van der Waals surface area contributed by atoms with Crippen molar-refractivity contribution in [2.45, 2.75) is 38.3 Å². The van der Waals surface area contributed by atoms with Crippen LogP contribution >= 0.6 is 0 Å². The highest BCUT2D eigenvalue weighted by Crippen LogP contribution is 2.29. The van der Waals surface area contributed by atoms with E-state index in [0.29, 0.717) is 45.1 Å². The first-order chi connectivity index (χ1) is 13.0. The van der Waals surface area contributed by atoms with E-state index in [0.717, 1.165) is 5.56 Å². The number of methoxy groups -OCH3 is 1. The first-order valence-corrected chi connectivity index (χ1v) is 9.21. The lowest BCUT2D eigenvalue weighted by Gasteiger charge is -2.35. The lowest BCUT2D eigenvalue weighted by molar-refractivity contribution is -0.140. The number of ether oxygens (including phenoxy) is 2. The van der Waals surface area contributed by atoms with Crippen LogP contribution in [-0.2, 0) is 26.2 Å². The summed E-state index contributed by atoms with van der Waals surface area (Å²) in [7, 11) is 1.63. The number of amides is 1. The normalized spacial score (nSPS) is 17.9. The van der Waals surface area contributed by atoms with Crippen molar-refractivity contribution in [1.82, 2.24) is 25.1 Å². The summed E-state index contributed by atoms with van der Waals surface area (Å²) in [4.78, 5) is 14.8. The average molecular weight is 373 g/mol. The molecule has 0 unspecified atom stereocenters. The third-order valence-corrected chi connectivity index (χ3v) is 4.92. The topological polar surface area (TPSA) is 82.4 Å². The molecule has 0 aliphatic carbocycles. The number of nitrogens with zero attached hydrogens (tertiary/aromatic N) is 5. The van der Waals surface area contributed by atoms with Crippen molar-refractivity contribution in [3.8, 4) is 0 Å². The van der Waals surface area contributed by atoms with E-state index in [1.54, 1.807) is 11.8 Å². The summed E-state index contributed by atoms with van der Waals surface area (Å²) in [6.45, 7) is 6.77. The van der Waals surface area contributed by atoms with E-state index in [9.17, 15) is 4.79 Å². The fourth-order valence-corrected chi connectivity index (χ4v) is 3.29. The summed E-state index contributed by atoms with van der Waals surface area (Å²) in [6, 6.07) is 10.1. The van der Waals surface area contributed by atoms with Crippen LogP contribution < -0.4 is 0 Å². The Labute approximate surface area is 159 Å². The molecule has 2 heterocycles. The summed E-state index contributed by atoms with van der Waals surface area (Å²) in [5, 5.41) is 11.8. The number of morpholine rings is 1. The van der Waals surface area contributed by atoms with Crippen LogP contribution in [0.4, 0.5) is 0 Å². The fraction of sp³-hybridized carbons (Fsp3) is 0.579. The van der Waals surface area contributed by atoms with Crippen LogP contribution in [-0.4, -0.2) is 64.4 Å². The highest BCUT2D eigenvalue weighted by Gasteiger charge is 2.32. The number of benzene rings is 1. The van der Waals surface area contributed by atoms with Crippen molar-refractivity contribution >= 4 is 5.91 Å². The molecule has 27 heavy (non-hydrogen) atoms. The van der Waals surface area contributed by atoms with Gasteiger partial charge in [0.2, 0.25) is 5.91 Å². The summed E-state index contributed by atoms with van der Waals surface area (Å²) < 4.78 is 12.6. The number of tetrazole rings is 1. The molecule has 0 saturated carbocycles. The fourth-order valence-electron chi connectivity index (χ4n) is 3.29. The Kier molecular flexibility index (Phi) is 6.18. The maximum absolute atomic E-state index is 13.0. The number of hydrogen-bond acceptors (Lipinski definition) is 6. The maximum Gasteiger partial charge on any atom is 0.223 e. The molecule has 8 heteroatoms. The Morgan fingerprint density at radius 3 is 2.85 bits per heavy atom. The molecule has 1 amide bonds. The monoisotopic (exact) mass is 373 g/mol. The van der Waals surface area contributed by atoms with Gasteiger partial charge in [-0.05, 0) is 21.4 Å². The smallest absolute Gasteiger partial charge is 0.223 e. The van der Waals surface area contributed by atoms with Gasteiger partial charge in [0, 0.05) is 20.1 Å². The molecule has 0 bridgehead atoms. The SMILES string of the molecule is COCCn1nnnc1[C@H]1CN(C(=O)CC(C)(C)c2ccccc2)CCO1. The average Bonchev–Trinajstić information content (AvgIpc) is 3.15. The number of hydrogen-bond donors (Lipinski definition) is 0. The van der Waals surface area contributed by atoms with Gasteiger partial charge in [0.15, 0.2) is 5.82 Å². The molecule has 1 aromatic heterocycles. The molecule has 0 N–H and O–H groups in total. The molecule has 1 fully saturated rings. The number of carbonyl (C=O) groups excluding carboxylic acids is 1. The van der Waals surface area contributed by atoms with Gasteiger partial charge < -0.3 is 14.4 Å². The van der Waals surface area contributed by atoms with E-state index < -0.39 is 0 Å². The Bertz CT molecular complexity index is 747. The standard InChI is InChI=1S/C19H27N5O3/c1-19(2,15-7-5-4-6-8-15)13-17(25)23-9-12-27-16(14-23)18-20-21-22-24(18)10-11-26-3/h4-8,16H,9-14H2,1-3H3/t16-/m1/s1. The van der Waals surface area contributed by atoms with Crippen molar-refractivity contribution in [3.05, 3.63) is 41.7 Å². The second-order valence-electron chi connectivity index (χ2n) is 7.38. The van der Waals surface area contributed by atoms with Crippen LogP contribution in [0.25, 0.3) is 0 Å². The molecule has 1 aliphatic heterocycles. The summed E-state index contributed by atoms with van der Waals surface area (Å²) in [6.07, 6.45) is 0.118. The van der Waals surface area contributed by atoms with Gasteiger partial charge in [-0.2, -0.15) is 0 Å². The largest absolute Gasteiger partial charge is 0.383 e. The summed E-state index contributed by atoms with van der Waals surface area (Å²) >= 11 is 0. The molecule has 0 radical (unpaired) electrons. The molecule has 1 aliphatic rings. The first-order valence-electron chi connectivity index (χ1n) is 9.21. The second-order valence-corrected chi connectivity index (χ2v) is 7.38. The maximum atomic E-state index is 13.0. The molecular weight excluding hydrogens is 346 g/mol. The molecule has 1 aromatic carbocycles. The molecule has 0 spiro atoms. The van der Waals surface area contributed by atoms with Crippen molar-refractivity contribution in [1.29, 1.82) is 0 Å². The zero-order valence-corrected chi connectivity index (χ0v) is 16.2. The van der Waals surface area contributed by atoms with Gasteiger partial charge in [-0.15, -0.1) is 5.10 Å². The minimum Gasteiger partial charge on any atom is -0.383 e. The predicted molar refractivity (Wildman–Crippen MR) is 99.1 cm³/mol. The van der Waals surface area contributed by atoms with Gasteiger partial charge in [-0.3, -0.25) is 4.79 Å². The quantitative estimate of drug-likeness (QED) is 0.733. The van der Waals surface area contributed by atoms with Gasteiger partial charge >= 0.3 is 0 Å². The van der Waals surface area contributed by atoms with Gasteiger partial charge in [0.25, 0.3) is 0 Å². The Morgan fingerprint density at radius 2 is 2.11 bits per heavy atom. The molecule has 146 valence electrons. The van der Waals surface area contributed by atoms with Gasteiger partial charge in [-0.1, -0.05) is 44.2 Å². The molecule has 1 atom stereocenters.